The average Bonchev–Trinajstić information content (AvgIpc) is 2.36. The van der Waals surface area contributed by atoms with Gasteiger partial charge < -0.3 is 14.6 Å². The Bertz CT molecular complexity index is 145. The van der Waals surface area contributed by atoms with Crippen LogP contribution in [-0.2, 0) is 9.47 Å². The number of carbonyl (C=O) groups is 1. The fourth-order valence-electron chi connectivity index (χ4n) is 1.01. The van der Waals surface area contributed by atoms with E-state index in [4.69, 9.17) is 0 Å². The smallest absolute Gasteiger partial charge is 0.430 e. The van der Waals surface area contributed by atoms with E-state index in [9.17, 15) is 9.90 Å². The average molecular weight is 160 g/mol. The van der Waals surface area contributed by atoms with E-state index in [-0.39, 0.29) is 6.61 Å². The second-order valence-corrected chi connectivity index (χ2v) is 2.57. The summed E-state index contributed by atoms with van der Waals surface area (Å²) in [7, 11) is 0. The van der Waals surface area contributed by atoms with Crippen molar-refractivity contribution in [2.45, 2.75) is 32.0 Å². The van der Waals surface area contributed by atoms with E-state index in [2.05, 4.69) is 9.47 Å². The van der Waals surface area contributed by atoms with Gasteiger partial charge in [-0.3, -0.25) is 0 Å². The summed E-state index contributed by atoms with van der Waals surface area (Å²) in [5.41, 5.74) is 0. The van der Waals surface area contributed by atoms with E-state index in [1.807, 2.05) is 6.92 Å². The monoisotopic (exact) mass is 160 g/mol. The molecule has 1 heterocycles. The van der Waals surface area contributed by atoms with Crippen molar-refractivity contribution in [1.82, 2.24) is 0 Å². The Balaban J connectivity index is 2.30. The molecular weight excluding hydrogens is 148 g/mol. The first-order chi connectivity index (χ1) is 5.24. The topological polar surface area (TPSA) is 55.8 Å². The number of hydrogen-bond donors (Lipinski definition) is 1. The number of aliphatic hydroxyl groups is 1. The second-order valence-electron chi connectivity index (χ2n) is 2.57. The summed E-state index contributed by atoms with van der Waals surface area (Å²) in [4.78, 5) is 10.4. The Morgan fingerprint density at radius 2 is 2.55 bits per heavy atom. The van der Waals surface area contributed by atoms with E-state index >= 15 is 0 Å². The molecule has 1 rings (SSSR count). The Hall–Kier alpha value is -0.770. The minimum Gasteiger partial charge on any atom is -0.430 e. The van der Waals surface area contributed by atoms with Crippen molar-refractivity contribution in [3.63, 3.8) is 0 Å². The van der Waals surface area contributed by atoms with Crippen molar-refractivity contribution in [1.29, 1.82) is 0 Å². The van der Waals surface area contributed by atoms with Gasteiger partial charge in [-0.15, -0.1) is 0 Å². The van der Waals surface area contributed by atoms with Crippen LogP contribution < -0.4 is 0 Å². The largest absolute Gasteiger partial charge is 0.508 e. The highest BCUT2D eigenvalue weighted by Gasteiger charge is 2.30. The van der Waals surface area contributed by atoms with Gasteiger partial charge in [-0.1, -0.05) is 13.3 Å². The molecule has 1 aliphatic heterocycles. The number of ether oxygens (including phenoxy) is 2. The highest BCUT2D eigenvalue weighted by molar-refractivity contribution is 5.61. The van der Waals surface area contributed by atoms with Crippen molar-refractivity contribution in [2.75, 3.05) is 6.61 Å². The molecule has 64 valence electrons. The van der Waals surface area contributed by atoms with Crippen LogP contribution in [0.5, 0.6) is 0 Å². The first-order valence-corrected chi connectivity index (χ1v) is 3.75. The van der Waals surface area contributed by atoms with Crippen LogP contribution in [0.2, 0.25) is 0 Å². The molecule has 1 saturated heterocycles. The highest BCUT2D eigenvalue weighted by atomic mass is 16.8. The maximum absolute atomic E-state index is 10.4. The third-order valence-electron chi connectivity index (χ3n) is 1.63. The van der Waals surface area contributed by atoms with Gasteiger partial charge in [0.1, 0.15) is 6.61 Å². The number of carbonyl (C=O) groups excluding carboxylic acids is 1. The Morgan fingerprint density at radius 1 is 1.82 bits per heavy atom. The van der Waals surface area contributed by atoms with E-state index < -0.39 is 18.4 Å². The van der Waals surface area contributed by atoms with Crippen LogP contribution in [0.15, 0.2) is 0 Å². The lowest BCUT2D eigenvalue weighted by molar-refractivity contribution is 0.0276. The summed E-state index contributed by atoms with van der Waals surface area (Å²) >= 11 is 0. The van der Waals surface area contributed by atoms with E-state index in [0.717, 1.165) is 6.42 Å². The van der Waals surface area contributed by atoms with Gasteiger partial charge in [0.15, 0.2) is 6.10 Å². The number of rotatable bonds is 3. The van der Waals surface area contributed by atoms with Crippen LogP contribution in [0.4, 0.5) is 4.79 Å². The molecule has 4 nitrogen and oxygen atoms in total. The van der Waals surface area contributed by atoms with Crippen molar-refractivity contribution in [3.05, 3.63) is 0 Å². The van der Waals surface area contributed by atoms with Crippen LogP contribution >= 0.6 is 0 Å². The van der Waals surface area contributed by atoms with Gasteiger partial charge in [0.2, 0.25) is 0 Å². The fourth-order valence-corrected chi connectivity index (χ4v) is 1.01. The molecule has 0 aliphatic carbocycles. The molecule has 2 unspecified atom stereocenters. The molecule has 0 radical (unpaired) electrons. The summed E-state index contributed by atoms with van der Waals surface area (Å²) in [6.07, 6.45) is -0.199. The van der Waals surface area contributed by atoms with E-state index in [1.54, 1.807) is 0 Å². The van der Waals surface area contributed by atoms with Gasteiger partial charge in [-0.2, -0.15) is 0 Å². The standard InChI is InChI=1S/C7H12O4/c1-2-3-5(8)6-4-10-7(9)11-6/h5-6,8H,2-4H2,1H3. The fraction of sp³-hybridized carbons (Fsp3) is 0.857. The zero-order valence-electron chi connectivity index (χ0n) is 6.45. The summed E-state index contributed by atoms with van der Waals surface area (Å²) in [5.74, 6) is 0. The lowest BCUT2D eigenvalue weighted by atomic mass is 10.1. The maximum Gasteiger partial charge on any atom is 0.508 e. The predicted molar refractivity (Wildman–Crippen MR) is 37.1 cm³/mol. The Morgan fingerprint density at radius 3 is 3.00 bits per heavy atom. The summed E-state index contributed by atoms with van der Waals surface area (Å²) in [5, 5.41) is 9.31. The number of aliphatic hydroxyl groups excluding tert-OH is 1. The van der Waals surface area contributed by atoms with Crippen LogP contribution in [0.25, 0.3) is 0 Å². The zero-order valence-corrected chi connectivity index (χ0v) is 6.45. The highest BCUT2D eigenvalue weighted by Crippen LogP contribution is 2.13. The molecular formula is C7H12O4. The van der Waals surface area contributed by atoms with Crippen LogP contribution in [0.3, 0.4) is 0 Å². The van der Waals surface area contributed by atoms with Gasteiger partial charge in [0.05, 0.1) is 6.10 Å². The maximum atomic E-state index is 10.4. The molecule has 1 N–H and O–H groups in total. The first-order valence-electron chi connectivity index (χ1n) is 3.75. The van der Waals surface area contributed by atoms with Gasteiger partial charge in [0, 0.05) is 0 Å². The third kappa shape index (κ3) is 2.08. The molecule has 1 fully saturated rings. The van der Waals surface area contributed by atoms with Crippen molar-refractivity contribution >= 4 is 6.16 Å². The molecule has 0 aromatic carbocycles. The van der Waals surface area contributed by atoms with Crippen molar-refractivity contribution in [3.8, 4) is 0 Å². The molecule has 2 atom stereocenters. The number of cyclic esters (lactones) is 2. The molecule has 0 aromatic rings. The SMILES string of the molecule is CCCC(O)C1COC(=O)O1. The molecule has 11 heavy (non-hydrogen) atoms. The molecule has 0 saturated carbocycles. The van der Waals surface area contributed by atoms with Crippen LogP contribution in [-0.4, -0.2) is 30.1 Å². The van der Waals surface area contributed by atoms with Crippen LogP contribution in [0.1, 0.15) is 19.8 Å². The Kier molecular flexibility index (Phi) is 2.70. The predicted octanol–water partition coefficient (Wildman–Crippen LogP) is 0.683. The first kappa shape index (κ1) is 8.33. The lowest BCUT2D eigenvalue weighted by Crippen LogP contribution is -2.27. The van der Waals surface area contributed by atoms with Crippen LogP contribution in [0, 0.1) is 0 Å². The zero-order chi connectivity index (χ0) is 8.27. The van der Waals surface area contributed by atoms with Gasteiger partial charge >= 0.3 is 6.16 Å². The van der Waals surface area contributed by atoms with Gasteiger partial charge in [-0.25, -0.2) is 4.79 Å². The lowest BCUT2D eigenvalue weighted by Gasteiger charge is -2.12. The van der Waals surface area contributed by atoms with Gasteiger partial charge in [0.25, 0.3) is 0 Å². The second kappa shape index (κ2) is 3.57. The number of hydrogen-bond acceptors (Lipinski definition) is 4. The molecule has 0 aromatic heterocycles. The molecule has 1 aliphatic rings. The van der Waals surface area contributed by atoms with E-state index in [0.29, 0.717) is 6.42 Å². The summed E-state index contributed by atoms with van der Waals surface area (Å²) in [6, 6.07) is 0. The quantitative estimate of drug-likeness (QED) is 0.617. The molecule has 0 amide bonds. The summed E-state index contributed by atoms with van der Waals surface area (Å²) in [6.45, 7) is 2.14. The third-order valence-corrected chi connectivity index (χ3v) is 1.63. The summed E-state index contributed by atoms with van der Waals surface area (Å²) < 4.78 is 9.18. The molecule has 0 spiro atoms. The van der Waals surface area contributed by atoms with E-state index in [1.165, 1.54) is 0 Å². The van der Waals surface area contributed by atoms with Gasteiger partial charge in [-0.05, 0) is 6.42 Å². The molecule has 0 bridgehead atoms. The normalized spacial score (nSPS) is 26.0. The van der Waals surface area contributed by atoms with Crippen molar-refractivity contribution < 1.29 is 19.4 Å². The minimum absolute atomic E-state index is 0.181. The minimum atomic E-state index is -0.676. The molecule has 4 heteroatoms. The van der Waals surface area contributed by atoms with Crippen molar-refractivity contribution in [2.24, 2.45) is 0 Å². The Labute approximate surface area is 65.1 Å².